The maximum atomic E-state index is 11.6. The van der Waals surface area contributed by atoms with Crippen molar-refractivity contribution in [1.29, 1.82) is 0 Å². The van der Waals surface area contributed by atoms with E-state index in [1.165, 1.54) is 0 Å². The number of halogens is 1. The van der Waals surface area contributed by atoms with Gasteiger partial charge in [0.15, 0.2) is 5.15 Å². The summed E-state index contributed by atoms with van der Waals surface area (Å²) in [6.07, 6.45) is 2.67. The molecular weight excluding hydrogens is 250 g/mol. The summed E-state index contributed by atoms with van der Waals surface area (Å²) in [5, 5.41) is 8.65. The van der Waals surface area contributed by atoms with Gasteiger partial charge in [0.2, 0.25) is 5.91 Å². The number of aromatic nitrogens is 2. The number of hydrogen-bond acceptors (Lipinski definition) is 2. The lowest BCUT2D eigenvalue weighted by molar-refractivity contribution is -0.121. The highest BCUT2D eigenvalue weighted by molar-refractivity contribution is 6.34. The molecule has 18 heavy (non-hydrogen) atoms. The summed E-state index contributed by atoms with van der Waals surface area (Å²) in [5.74, 6) is 0.0909. The first-order chi connectivity index (χ1) is 8.74. The summed E-state index contributed by atoms with van der Waals surface area (Å²) in [7, 11) is 0. The fourth-order valence-electron chi connectivity index (χ4n) is 1.99. The molecule has 1 aliphatic rings. The number of para-hydroxylation sites is 1. The van der Waals surface area contributed by atoms with Crippen molar-refractivity contribution in [2.45, 2.75) is 31.8 Å². The van der Waals surface area contributed by atoms with E-state index >= 15 is 0 Å². The van der Waals surface area contributed by atoms with Crippen molar-refractivity contribution >= 4 is 28.4 Å². The second-order valence-electron chi connectivity index (χ2n) is 4.62. The van der Waals surface area contributed by atoms with E-state index < -0.39 is 0 Å². The molecule has 3 rings (SSSR count). The van der Waals surface area contributed by atoms with Gasteiger partial charge < -0.3 is 5.32 Å². The SMILES string of the molecule is O=C(CCn1nc(Cl)c2ccccc21)NC1CC1. The first kappa shape index (κ1) is 11.5. The monoisotopic (exact) mass is 263 g/mol. The zero-order chi connectivity index (χ0) is 12.5. The van der Waals surface area contributed by atoms with Crippen LogP contribution in [0.4, 0.5) is 0 Å². The predicted octanol–water partition coefficient (Wildman–Crippen LogP) is 2.36. The van der Waals surface area contributed by atoms with Crippen LogP contribution in [0.2, 0.25) is 5.15 Å². The van der Waals surface area contributed by atoms with Gasteiger partial charge in [-0.3, -0.25) is 9.48 Å². The number of hydrogen-bond donors (Lipinski definition) is 1. The van der Waals surface area contributed by atoms with E-state index in [0.717, 1.165) is 23.7 Å². The Labute approximate surface area is 110 Å². The molecule has 1 amide bonds. The van der Waals surface area contributed by atoms with Crippen LogP contribution >= 0.6 is 11.6 Å². The maximum Gasteiger partial charge on any atom is 0.222 e. The zero-order valence-electron chi connectivity index (χ0n) is 9.90. The molecule has 2 aromatic rings. The average molecular weight is 264 g/mol. The normalized spacial score (nSPS) is 14.9. The first-order valence-electron chi connectivity index (χ1n) is 6.14. The fraction of sp³-hybridized carbons (Fsp3) is 0.385. The minimum atomic E-state index is 0.0909. The third-order valence-electron chi connectivity index (χ3n) is 3.11. The number of amides is 1. The number of fused-ring (bicyclic) bond motifs is 1. The largest absolute Gasteiger partial charge is 0.353 e. The summed E-state index contributed by atoms with van der Waals surface area (Å²) in [5.41, 5.74) is 0.974. The molecule has 1 aromatic heterocycles. The molecule has 0 radical (unpaired) electrons. The van der Waals surface area contributed by atoms with Crippen molar-refractivity contribution in [3.8, 4) is 0 Å². The summed E-state index contributed by atoms with van der Waals surface area (Å²) in [6.45, 7) is 0.561. The third kappa shape index (κ3) is 2.34. The Bertz CT molecular complexity index is 589. The lowest BCUT2D eigenvalue weighted by atomic mass is 10.2. The lowest BCUT2D eigenvalue weighted by Crippen LogP contribution is -2.26. The molecule has 0 bridgehead atoms. The Hall–Kier alpha value is -1.55. The minimum Gasteiger partial charge on any atom is -0.353 e. The van der Waals surface area contributed by atoms with Gasteiger partial charge in [-0.2, -0.15) is 5.10 Å². The van der Waals surface area contributed by atoms with Crippen LogP contribution in [0.25, 0.3) is 10.9 Å². The lowest BCUT2D eigenvalue weighted by Gasteiger charge is -2.04. The van der Waals surface area contributed by atoms with Gasteiger partial charge in [-0.25, -0.2) is 0 Å². The van der Waals surface area contributed by atoms with Gasteiger partial charge in [-0.05, 0) is 25.0 Å². The quantitative estimate of drug-likeness (QED) is 0.921. The Morgan fingerprint density at radius 1 is 1.44 bits per heavy atom. The molecule has 5 heteroatoms. The van der Waals surface area contributed by atoms with Crippen molar-refractivity contribution in [1.82, 2.24) is 15.1 Å². The van der Waals surface area contributed by atoms with E-state index in [9.17, 15) is 4.79 Å². The highest BCUT2D eigenvalue weighted by Crippen LogP contribution is 2.22. The van der Waals surface area contributed by atoms with Crippen LogP contribution in [-0.4, -0.2) is 21.7 Å². The van der Waals surface area contributed by atoms with Crippen LogP contribution in [0, 0.1) is 0 Å². The molecule has 0 atom stereocenters. The molecule has 1 aliphatic carbocycles. The topological polar surface area (TPSA) is 46.9 Å². The first-order valence-corrected chi connectivity index (χ1v) is 6.52. The molecule has 1 aromatic carbocycles. The van der Waals surface area contributed by atoms with Crippen LogP contribution < -0.4 is 5.32 Å². The zero-order valence-corrected chi connectivity index (χ0v) is 10.7. The van der Waals surface area contributed by atoms with E-state index in [1.807, 2.05) is 24.3 Å². The van der Waals surface area contributed by atoms with E-state index in [4.69, 9.17) is 11.6 Å². The van der Waals surface area contributed by atoms with Crippen LogP contribution in [-0.2, 0) is 11.3 Å². The molecule has 0 spiro atoms. The molecule has 1 heterocycles. The summed E-state index contributed by atoms with van der Waals surface area (Å²) in [6, 6.07) is 8.19. The number of carbonyl (C=O) groups excluding carboxylic acids is 1. The van der Waals surface area contributed by atoms with E-state index in [-0.39, 0.29) is 5.91 Å². The van der Waals surface area contributed by atoms with Gasteiger partial charge in [-0.1, -0.05) is 23.7 Å². The summed E-state index contributed by atoms with van der Waals surface area (Å²) in [4.78, 5) is 11.6. The summed E-state index contributed by atoms with van der Waals surface area (Å²) < 4.78 is 1.80. The number of carbonyl (C=O) groups is 1. The Kier molecular flexibility index (Phi) is 2.96. The van der Waals surface area contributed by atoms with Crippen molar-refractivity contribution in [3.05, 3.63) is 29.4 Å². The summed E-state index contributed by atoms with van der Waals surface area (Å²) >= 11 is 6.05. The van der Waals surface area contributed by atoms with Gasteiger partial charge in [0.1, 0.15) is 0 Å². The third-order valence-corrected chi connectivity index (χ3v) is 3.39. The van der Waals surface area contributed by atoms with Gasteiger partial charge in [-0.15, -0.1) is 0 Å². The fourth-order valence-corrected chi connectivity index (χ4v) is 2.24. The molecular formula is C13H14ClN3O. The van der Waals surface area contributed by atoms with E-state index in [1.54, 1.807) is 4.68 Å². The molecule has 1 N–H and O–H groups in total. The van der Waals surface area contributed by atoms with Crippen molar-refractivity contribution < 1.29 is 4.79 Å². The number of benzene rings is 1. The second-order valence-corrected chi connectivity index (χ2v) is 4.98. The molecule has 1 fully saturated rings. The van der Waals surface area contributed by atoms with Crippen LogP contribution in [0.1, 0.15) is 19.3 Å². The highest BCUT2D eigenvalue weighted by atomic mass is 35.5. The Balaban J connectivity index is 1.72. The molecule has 0 unspecified atom stereocenters. The second kappa shape index (κ2) is 4.61. The molecule has 4 nitrogen and oxygen atoms in total. The Morgan fingerprint density at radius 2 is 2.22 bits per heavy atom. The van der Waals surface area contributed by atoms with Crippen molar-refractivity contribution in [3.63, 3.8) is 0 Å². The number of rotatable bonds is 4. The molecule has 0 aliphatic heterocycles. The van der Waals surface area contributed by atoms with Gasteiger partial charge in [0, 0.05) is 17.8 Å². The van der Waals surface area contributed by atoms with Crippen LogP contribution in [0.3, 0.4) is 0 Å². The van der Waals surface area contributed by atoms with E-state index in [2.05, 4.69) is 10.4 Å². The molecule has 1 saturated carbocycles. The number of nitrogens with zero attached hydrogens (tertiary/aromatic N) is 2. The van der Waals surface area contributed by atoms with Crippen molar-refractivity contribution in [2.24, 2.45) is 0 Å². The maximum absolute atomic E-state index is 11.6. The van der Waals surface area contributed by atoms with Gasteiger partial charge >= 0.3 is 0 Å². The predicted molar refractivity (Wildman–Crippen MR) is 70.5 cm³/mol. The van der Waals surface area contributed by atoms with Crippen molar-refractivity contribution in [2.75, 3.05) is 0 Å². The van der Waals surface area contributed by atoms with Gasteiger partial charge in [0.25, 0.3) is 0 Å². The van der Waals surface area contributed by atoms with E-state index in [0.29, 0.717) is 24.2 Å². The van der Waals surface area contributed by atoms with Gasteiger partial charge in [0.05, 0.1) is 12.1 Å². The smallest absolute Gasteiger partial charge is 0.222 e. The highest BCUT2D eigenvalue weighted by Gasteiger charge is 2.23. The van der Waals surface area contributed by atoms with Crippen LogP contribution in [0.5, 0.6) is 0 Å². The Morgan fingerprint density at radius 3 is 3.00 bits per heavy atom. The van der Waals surface area contributed by atoms with Crippen LogP contribution in [0.15, 0.2) is 24.3 Å². The minimum absolute atomic E-state index is 0.0909. The standard InChI is InChI=1S/C13H14ClN3O/c14-13-10-3-1-2-4-11(10)17(16-13)8-7-12(18)15-9-5-6-9/h1-4,9H,5-8H2,(H,15,18). The number of nitrogens with one attached hydrogen (secondary N) is 1. The average Bonchev–Trinajstić information content (AvgIpc) is 3.12. The molecule has 0 saturated heterocycles. The number of aryl methyl sites for hydroxylation is 1. The molecule has 94 valence electrons.